The molecule has 0 aromatic rings. The van der Waals surface area contributed by atoms with Crippen LogP contribution in [0, 0.1) is 12.3 Å². The number of nitrogens with two attached hydrogens (primary N) is 1. The maximum Gasteiger partial charge on any atom is 0.408 e. The number of carbonyl (C=O) groups is 2. The molecule has 5 heteroatoms. The van der Waals surface area contributed by atoms with Gasteiger partial charge in [0, 0.05) is 0 Å². The van der Waals surface area contributed by atoms with Crippen LogP contribution >= 0.6 is 0 Å². The van der Waals surface area contributed by atoms with Crippen molar-refractivity contribution >= 4 is 12.0 Å². The molecule has 0 bridgehead atoms. The van der Waals surface area contributed by atoms with Crippen LogP contribution in [0.1, 0.15) is 6.92 Å². The summed E-state index contributed by atoms with van der Waals surface area (Å²) in [6, 6.07) is -0.754. The van der Waals surface area contributed by atoms with Crippen molar-refractivity contribution < 1.29 is 14.3 Å². The van der Waals surface area contributed by atoms with E-state index in [2.05, 4.69) is 16.0 Å². The van der Waals surface area contributed by atoms with E-state index in [4.69, 9.17) is 12.2 Å². The van der Waals surface area contributed by atoms with Gasteiger partial charge in [-0.15, -0.1) is 6.42 Å². The monoisotopic (exact) mass is 170 g/mol. The first-order valence-corrected chi connectivity index (χ1v) is 3.24. The number of alkyl carbamates (subject to hydrolysis) is 1. The summed E-state index contributed by atoms with van der Waals surface area (Å²) in [5, 5.41) is 2.18. The lowest BCUT2D eigenvalue weighted by molar-refractivity contribution is -0.119. The van der Waals surface area contributed by atoms with Crippen molar-refractivity contribution in [3.8, 4) is 12.3 Å². The summed E-state index contributed by atoms with van der Waals surface area (Å²) in [5.74, 6) is 1.47. The van der Waals surface area contributed by atoms with Crippen molar-refractivity contribution in [2.24, 2.45) is 5.73 Å². The van der Waals surface area contributed by atoms with E-state index < -0.39 is 18.0 Å². The molecule has 0 aromatic carbocycles. The van der Waals surface area contributed by atoms with Crippen molar-refractivity contribution in [3.63, 3.8) is 0 Å². The zero-order valence-electron chi connectivity index (χ0n) is 6.66. The molecule has 2 amide bonds. The SMILES string of the molecule is C#CCOC(=O)N[C@H](C)C(N)=O. The molecule has 0 unspecified atom stereocenters. The molecule has 3 N–H and O–H groups in total. The van der Waals surface area contributed by atoms with Gasteiger partial charge in [0.1, 0.15) is 6.04 Å². The number of primary amides is 1. The van der Waals surface area contributed by atoms with Crippen LogP contribution in [-0.4, -0.2) is 24.6 Å². The highest BCUT2D eigenvalue weighted by Crippen LogP contribution is 1.82. The quantitative estimate of drug-likeness (QED) is 0.545. The Hall–Kier alpha value is -1.70. The number of ether oxygens (including phenoxy) is 1. The molecule has 0 aliphatic heterocycles. The predicted octanol–water partition coefficient (Wildman–Crippen LogP) is -0.780. The Morgan fingerprint density at radius 1 is 1.75 bits per heavy atom. The average Bonchev–Trinajstić information content (AvgIpc) is 2.00. The van der Waals surface area contributed by atoms with E-state index in [1.165, 1.54) is 6.92 Å². The maximum atomic E-state index is 10.7. The van der Waals surface area contributed by atoms with E-state index in [1.54, 1.807) is 0 Å². The molecule has 0 aliphatic rings. The first-order chi connectivity index (χ1) is 5.57. The van der Waals surface area contributed by atoms with Gasteiger partial charge in [-0.2, -0.15) is 0 Å². The fourth-order valence-electron chi connectivity index (χ4n) is 0.397. The molecular weight excluding hydrogens is 160 g/mol. The van der Waals surface area contributed by atoms with Crippen LogP contribution in [-0.2, 0) is 9.53 Å². The van der Waals surface area contributed by atoms with Crippen LogP contribution < -0.4 is 11.1 Å². The van der Waals surface area contributed by atoms with Crippen LogP contribution in [0.4, 0.5) is 4.79 Å². The Bertz CT molecular complexity index is 219. The number of terminal acetylenes is 1. The van der Waals surface area contributed by atoms with Crippen molar-refractivity contribution in [1.29, 1.82) is 0 Å². The van der Waals surface area contributed by atoms with Gasteiger partial charge in [0.2, 0.25) is 5.91 Å². The van der Waals surface area contributed by atoms with Gasteiger partial charge >= 0.3 is 6.09 Å². The van der Waals surface area contributed by atoms with Gasteiger partial charge < -0.3 is 15.8 Å². The molecule has 66 valence electrons. The molecule has 0 spiro atoms. The van der Waals surface area contributed by atoms with E-state index >= 15 is 0 Å². The smallest absolute Gasteiger partial charge is 0.408 e. The van der Waals surface area contributed by atoms with Crippen molar-refractivity contribution in [1.82, 2.24) is 5.32 Å². The Labute approximate surface area is 70.3 Å². The van der Waals surface area contributed by atoms with Crippen molar-refractivity contribution in [3.05, 3.63) is 0 Å². The summed E-state index contributed by atoms with van der Waals surface area (Å²) in [5.41, 5.74) is 4.86. The Morgan fingerprint density at radius 3 is 2.75 bits per heavy atom. The highest BCUT2D eigenvalue weighted by molar-refractivity contribution is 5.83. The van der Waals surface area contributed by atoms with E-state index in [9.17, 15) is 9.59 Å². The molecule has 0 saturated carbocycles. The lowest BCUT2D eigenvalue weighted by Gasteiger charge is -2.08. The topological polar surface area (TPSA) is 81.4 Å². The summed E-state index contributed by atoms with van der Waals surface area (Å²) in [7, 11) is 0. The molecule has 0 aromatic heterocycles. The van der Waals surface area contributed by atoms with Gasteiger partial charge in [-0.1, -0.05) is 5.92 Å². The summed E-state index contributed by atoms with van der Waals surface area (Å²) in [4.78, 5) is 21.1. The fourth-order valence-corrected chi connectivity index (χ4v) is 0.397. The molecule has 12 heavy (non-hydrogen) atoms. The minimum Gasteiger partial charge on any atom is -0.436 e. The lowest BCUT2D eigenvalue weighted by Crippen LogP contribution is -2.42. The number of carbonyl (C=O) groups excluding carboxylic acids is 2. The van der Waals surface area contributed by atoms with Crippen molar-refractivity contribution in [2.45, 2.75) is 13.0 Å². The first-order valence-electron chi connectivity index (χ1n) is 3.24. The summed E-state index contributed by atoms with van der Waals surface area (Å²) < 4.78 is 4.42. The Morgan fingerprint density at radius 2 is 2.33 bits per heavy atom. The van der Waals surface area contributed by atoms with Gasteiger partial charge in [0.15, 0.2) is 6.61 Å². The number of hydrogen-bond donors (Lipinski definition) is 2. The molecule has 0 heterocycles. The zero-order chi connectivity index (χ0) is 9.56. The third kappa shape index (κ3) is 4.17. The second-order valence-corrected chi connectivity index (χ2v) is 2.05. The van der Waals surface area contributed by atoms with Gasteiger partial charge in [-0.05, 0) is 6.92 Å². The molecule has 0 radical (unpaired) electrons. The fraction of sp³-hybridized carbons (Fsp3) is 0.429. The van der Waals surface area contributed by atoms with E-state index in [-0.39, 0.29) is 6.61 Å². The van der Waals surface area contributed by atoms with E-state index in [0.29, 0.717) is 0 Å². The number of nitrogens with one attached hydrogen (secondary N) is 1. The normalized spacial score (nSPS) is 11.0. The molecule has 0 rings (SSSR count). The lowest BCUT2D eigenvalue weighted by atomic mass is 10.3. The number of hydrogen-bond acceptors (Lipinski definition) is 3. The third-order valence-corrected chi connectivity index (χ3v) is 1.05. The summed E-state index contributed by atoms with van der Waals surface area (Å²) in [6.07, 6.45) is 4.07. The highest BCUT2D eigenvalue weighted by atomic mass is 16.5. The van der Waals surface area contributed by atoms with Gasteiger partial charge in [0.25, 0.3) is 0 Å². The van der Waals surface area contributed by atoms with Crippen LogP contribution in [0.2, 0.25) is 0 Å². The van der Waals surface area contributed by atoms with Crippen LogP contribution in [0.25, 0.3) is 0 Å². The van der Waals surface area contributed by atoms with Gasteiger partial charge in [-0.25, -0.2) is 4.79 Å². The Kier molecular flexibility index (Phi) is 4.31. The number of amides is 2. The molecule has 1 atom stereocenters. The Balaban J connectivity index is 3.71. The van der Waals surface area contributed by atoms with Crippen molar-refractivity contribution in [2.75, 3.05) is 6.61 Å². The van der Waals surface area contributed by atoms with Crippen LogP contribution in [0.15, 0.2) is 0 Å². The summed E-state index contributed by atoms with van der Waals surface area (Å²) in [6.45, 7) is 1.32. The van der Waals surface area contributed by atoms with Crippen LogP contribution in [0.3, 0.4) is 0 Å². The molecule has 5 nitrogen and oxygen atoms in total. The minimum absolute atomic E-state index is 0.128. The second kappa shape index (κ2) is 5.02. The minimum atomic E-state index is -0.754. The first kappa shape index (κ1) is 10.3. The second-order valence-electron chi connectivity index (χ2n) is 2.05. The van der Waals surface area contributed by atoms with Gasteiger partial charge in [-0.3, -0.25) is 4.79 Å². The summed E-state index contributed by atoms with van der Waals surface area (Å²) >= 11 is 0. The van der Waals surface area contributed by atoms with Gasteiger partial charge in [0.05, 0.1) is 0 Å². The van der Waals surface area contributed by atoms with E-state index in [1.807, 2.05) is 0 Å². The maximum absolute atomic E-state index is 10.7. The highest BCUT2D eigenvalue weighted by Gasteiger charge is 2.11. The molecule has 0 fully saturated rings. The standard InChI is InChI=1S/C7H10N2O3/c1-3-4-12-7(11)9-5(2)6(8)10/h1,5H,4H2,2H3,(H2,8,10)(H,9,11)/t5-/m1/s1. The largest absolute Gasteiger partial charge is 0.436 e. The third-order valence-electron chi connectivity index (χ3n) is 1.05. The van der Waals surface area contributed by atoms with E-state index in [0.717, 1.165) is 0 Å². The number of rotatable bonds is 3. The molecule has 0 aliphatic carbocycles. The predicted molar refractivity (Wildman–Crippen MR) is 42.0 cm³/mol. The average molecular weight is 170 g/mol. The van der Waals surface area contributed by atoms with Crippen LogP contribution in [0.5, 0.6) is 0 Å². The zero-order valence-corrected chi connectivity index (χ0v) is 6.66. The molecular formula is C7H10N2O3. The molecule has 0 saturated heterocycles.